The third-order valence-corrected chi connectivity index (χ3v) is 5.46. The van der Waals surface area contributed by atoms with Crippen LogP contribution in [0.15, 0.2) is 42.5 Å². The standard InChI is InChI=1S/C24H33N3O4/c1-17-7-10-20(11-8-17)25-23(28)16-27(4)24(29)18(2)26(3)14-13-19-9-12-21(30-5)22(15-19)31-6/h7-12,15,18H,13-14,16H2,1-6H3,(H,25,28)/p+1/t18-/m1/s1. The van der Waals surface area contributed by atoms with Gasteiger partial charge in [-0.2, -0.15) is 0 Å². The molecule has 0 radical (unpaired) electrons. The lowest BCUT2D eigenvalue weighted by molar-refractivity contribution is -0.894. The van der Waals surface area contributed by atoms with E-state index in [9.17, 15) is 9.59 Å². The summed E-state index contributed by atoms with van der Waals surface area (Å²) in [5, 5.41) is 2.83. The number of hydrogen-bond donors (Lipinski definition) is 2. The maximum atomic E-state index is 12.8. The Balaban J connectivity index is 1.86. The van der Waals surface area contributed by atoms with Crippen LogP contribution in [0, 0.1) is 6.92 Å². The molecule has 0 aliphatic rings. The number of methoxy groups -OCH3 is 2. The molecule has 0 aliphatic heterocycles. The maximum absolute atomic E-state index is 12.8. The van der Waals surface area contributed by atoms with Crippen LogP contribution in [0.4, 0.5) is 5.69 Å². The molecule has 0 spiro atoms. The lowest BCUT2D eigenvalue weighted by Gasteiger charge is -2.25. The van der Waals surface area contributed by atoms with E-state index in [2.05, 4.69) is 5.32 Å². The summed E-state index contributed by atoms with van der Waals surface area (Å²) in [6.07, 6.45) is 0.793. The summed E-state index contributed by atoms with van der Waals surface area (Å²) < 4.78 is 10.6. The molecular weight excluding hydrogens is 394 g/mol. The number of amides is 2. The first kappa shape index (κ1) is 24.2. The van der Waals surface area contributed by atoms with Crippen LogP contribution < -0.4 is 19.7 Å². The molecule has 0 saturated carbocycles. The summed E-state index contributed by atoms with van der Waals surface area (Å²) in [5.74, 6) is 1.11. The molecule has 0 aliphatic carbocycles. The van der Waals surface area contributed by atoms with E-state index in [4.69, 9.17) is 9.47 Å². The number of hydrogen-bond acceptors (Lipinski definition) is 4. The van der Waals surface area contributed by atoms with E-state index in [1.807, 2.05) is 63.4 Å². The molecule has 168 valence electrons. The number of ether oxygens (including phenoxy) is 2. The highest BCUT2D eigenvalue weighted by atomic mass is 16.5. The number of aryl methyl sites for hydroxylation is 1. The fourth-order valence-electron chi connectivity index (χ4n) is 3.27. The van der Waals surface area contributed by atoms with Crippen LogP contribution in [0.25, 0.3) is 0 Å². The summed E-state index contributed by atoms with van der Waals surface area (Å²) in [6, 6.07) is 13.2. The Labute approximate surface area is 184 Å². The van der Waals surface area contributed by atoms with Crippen molar-refractivity contribution in [2.24, 2.45) is 0 Å². The van der Waals surface area contributed by atoms with Gasteiger partial charge in [-0.1, -0.05) is 23.8 Å². The van der Waals surface area contributed by atoms with Crippen molar-refractivity contribution in [1.29, 1.82) is 0 Å². The highest BCUT2D eigenvalue weighted by Crippen LogP contribution is 2.27. The molecule has 0 heterocycles. The van der Waals surface area contributed by atoms with Crippen LogP contribution in [0.2, 0.25) is 0 Å². The normalized spacial score (nSPS) is 12.6. The predicted molar refractivity (Wildman–Crippen MR) is 122 cm³/mol. The van der Waals surface area contributed by atoms with Gasteiger partial charge in [0.05, 0.1) is 34.4 Å². The first-order chi connectivity index (χ1) is 14.7. The molecular formula is C24H34N3O4+. The first-order valence-electron chi connectivity index (χ1n) is 10.4. The summed E-state index contributed by atoms with van der Waals surface area (Å²) in [5.41, 5.74) is 2.96. The third kappa shape index (κ3) is 7.00. The quantitative estimate of drug-likeness (QED) is 0.602. The number of nitrogens with zero attached hydrogens (tertiary/aromatic N) is 1. The second-order valence-electron chi connectivity index (χ2n) is 7.87. The van der Waals surface area contributed by atoms with Crippen molar-refractivity contribution in [3.8, 4) is 11.5 Å². The molecule has 1 unspecified atom stereocenters. The molecule has 2 aromatic carbocycles. The number of benzene rings is 2. The zero-order valence-corrected chi connectivity index (χ0v) is 19.3. The van der Waals surface area contributed by atoms with Crippen molar-refractivity contribution in [1.82, 2.24) is 4.90 Å². The van der Waals surface area contributed by atoms with Gasteiger partial charge in [0.25, 0.3) is 5.91 Å². The minimum Gasteiger partial charge on any atom is -0.493 e. The van der Waals surface area contributed by atoms with E-state index in [0.717, 1.165) is 34.7 Å². The average molecular weight is 429 g/mol. The Morgan fingerprint density at radius 1 is 1.06 bits per heavy atom. The Bertz CT molecular complexity index is 883. The monoisotopic (exact) mass is 428 g/mol. The third-order valence-electron chi connectivity index (χ3n) is 5.46. The molecule has 2 aromatic rings. The molecule has 2 amide bonds. The van der Waals surface area contributed by atoms with Gasteiger partial charge in [0.2, 0.25) is 5.91 Å². The summed E-state index contributed by atoms with van der Waals surface area (Å²) in [7, 11) is 6.88. The SMILES string of the molecule is COc1ccc(CC[NH+](C)[C@H](C)C(=O)N(C)CC(=O)Nc2ccc(C)cc2)cc1OC. The van der Waals surface area contributed by atoms with Crippen LogP contribution in [0.3, 0.4) is 0 Å². The van der Waals surface area contributed by atoms with Gasteiger partial charge < -0.3 is 24.6 Å². The van der Waals surface area contributed by atoms with E-state index in [1.54, 1.807) is 21.3 Å². The fraction of sp³-hybridized carbons (Fsp3) is 0.417. The van der Waals surface area contributed by atoms with Gasteiger partial charge in [-0.3, -0.25) is 9.59 Å². The molecule has 0 saturated heterocycles. The Kier molecular flexibility index (Phi) is 8.88. The number of carbonyl (C=O) groups is 2. The highest BCUT2D eigenvalue weighted by Gasteiger charge is 2.26. The fourth-order valence-corrected chi connectivity index (χ4v) is 3.27. The van der Waals surface area contributed by atoms with Crippen LogP contribution in [0.1, 0.15) is 18.1 Å². The van der Waals surface area contributed by atoms with Gasteiger partial charge in [0.15, 0.2) is 17.5 Å². The Morgan fingerprint density at radius 2 is 1.71 bits per heavy atom. The zero-order valence-electron chi connectivity index (χ0n) is 19.3. The van der Waals surface area contributed by atoms with Crippen molar-refractivity contribution in [3.63, 3.8) is 0 Å². The topological polar surface area (TPSA) is 72.3 Å². The molecule has 0 aromatic heterocycles. The van der Waals surface area contributed by atoms with Crippen molar-refractivity contribution in [3.05, 3.63) is 53.6 Å². The van der Waals surface area contributed by atoms with E-state index in [-0.39, 0.29) is 24.4 Å². The van der Waals surface area contributed by atoms with Crippen molar-refractivity contribution >= 4 is 17.5 Å². The number of carbonyl (C=O) groups excluding carboxylic acids is 2. The zero-order chi connectivity index (χ0) is 23.0. The van der Waals surface area contributed by atoms with Gasteiger partial charge in [-0.15, -0.1) is 0 Å². The van der Waals surface area contributed by atoms with E-state index in [0.29, 0.717) is 11.5 Å². The smallest absolute Gasteiger partial charge is 0.280 e. The summed E-state index contributed by atoms with van der Waals surface area (Å²) in [6.45, 7) is 4.66. The maximum Gasteiger partial charge on any atom is 0.280 e. The van der Waals surface area contributed by atoms with Crippen LogP contribution in [-0.4, -0.2) is 64.2 Å². The van der Waals surface area contributed by atoms with Gasteiger partial charge in [0.1, 0.15) is 0 Å². The Hall–Kier alpha value is -3.06. The predicted octanol–water partition coefficient (Wildman–Crippen LogP) is 1.56. The molecule has 2 N–H and O–H groups in total. The average Bonchev–Trinajstić information content (AvgIpc) is 2.77. The number of rotatable bonds is 10. The van der Waals surface area contributed by atoms with Gasteiger partial charge in [-0.05, 0) is 43.7 Å². The molecule has 7 heteroatoms. The van der Waals surface area contributed by atoms with Gasteiger partial charge in [0, 0.05) is 19.2 Å². The van der Waals surface area contributed by atoms with Gasteiger partial charge >= 0.3 is 0 Å². The summed E-state index contributed by atoms with van der Waals surface area (Å²) >= 11 is 0. The van der Waals surface area contributed by atoms with E-state index >= 15 is 0 Å². The van der Waals surface area contributed by atoms with Crippen LogP contribution in [0.5, 0.6) is 11.5 Å². The molecule has 2 atom stereocenters. The molecule has 0 fully saturated rings. The number of quaternary nitrogens is 1. The van der Waals surface area contributed by atoms with Crippen LogP contribution in [-0.2, 0) is 16.0 Å². The number of nitrogens with one attached hydrogen (secondary N) is 2. The molecule has 7 nitrogen and oxygen atoms in total. The minimum absolute atomic E-state index is 0.0139. The second kappa shape index (κ2) is 11.4. The second-order valence-corrected chi connectivity index (χ2v) is 7.87. The summed E-state index contributed by atoms with van der Waals surface area (Å²) in [4.78, 5) is 27.6. The first-order valence-corrected chi connectivity index (χ1v) is 10.4. The van der Waals surface area contributed by atoms with E-state index < -0.39 is 0 Å². The van der Waals surface area contributed by atoms with Crippen molar-refractivity contribution < 1.29 is 24.0 Å². The minimum atomic E-state index is -0.266. The lowest BCUT2D eigenvalue weighted by Crippen LogP contribution is -3.14. The van der Waals surface area contributed by atoms with Crippen LogP contribution >= 0.6 is 0 Å². The van der Waals surface area contributed by atoms with Crippen molar-refractivity contribution in [2.75, 3.05) is 46.7 Å². The van der Waals surface area contributed by atoms with Gasteiger partial charge in [-0.25, -0.2) is 0 Å². The number of anilines is 1. The molecule has 2 rings (SSSR count). The van der Waals surface area contributed by atoms with E-state index in [1.165, 1.54) is 4.90 Å². The highest BCUT2D eigenvalue weighted by molar-refractivity contribution is 5.94. The lowest BCUT2D eigenvalue weighted by atomic mass is 10.1. The molecule has 0 bridgehead atoms. The molecule has 31 heavy (non-hydrogen) atoms. The Morgan fingerprint density at radius 3 is 2.32 bits per heavy atom. The number of likely N-dealkylation sites (N-methyl/N-ethyl adjacent to an activating group) is 2. The van der Waals surface area contributed by atoms with Crippen molar-refractivity contribution in [2.45, 2.75) is 26.3 Å². The largest absolute Gasteiger partial charge is 0.493 e.